The van der Waals surface area contributed by atoms with Crippen LogP contribution in [-0.2, 0) is 32.1 Å². The highest BCUT2D eigenvalue weighted by Crippen LogP contribution is 2.23. The Morgan fingerprint density at radius 2 is 1.48 bits per heavy atom. The van der Waals surface area contributed by atoms with E-state index >= 15 is 0 Å². The highest BCUT2D eigenvalue weighted by Gasteiger charge is 2.37. The molecule has 0 aromatic heterocycles. The molecule has 3 aromatic carbocycles. The van der Waals surface area contributed by atoms with Gasteiger partial charge < -0.3 is 39.8 Å². The molecule has 16 heteroatoms. The second kappa shape index (κ2) is 14.0. The van der Waals surface area contributed by atoms with Crippen LogP contribution in [0.4, 0.5) is 0 Å². The quantitative estimate of drug-likeness (QED) is 0.122. The van der Waals surface area contributed by atoms with Gasteiger partial charge in [0.05, 0.1) is 38.8 Å². The molecule has 0 saturated carbocycles. The van der Waals surface area contributed by atoms with Crippen LogP contribution in [0.5, 0.6) is 5.75 Å². The minimum Gasteiger partial charge on any atom is -0.497 e. The largest absolute Gasteiger partial charge is 0.497 e. The first-order valence-electron chi connectivity index (χ1n) is 14.3. The van der Waals surface area contributed by atoms with Gasteiger partial charge in [0.25, 0.3) is 11.8 Å². The number of methoxy groups -OCH3 is 1. The van der Waals surface area contributed by atoms with Gasteiger partial charge in [0.15, 0.2) is 0 Å². The molecule has 5 rings (SSSR count). The summed E-state index contributed by atoms with van der Waals surface area (Å²) in [4.78, 5) is 52.8. The Morgan fingerprint density at radius 3 is 2.04 bits per heavy atom. The summed E-state index contributed by atoms with van der Waals surface area (Å²) in [6.45, 7) is 1.88. The molecule has 0 unspecified atom stereocenters. The number of amides is 3. The predicted octanol–water partition coefficient (Wildman–Crippen LogP) is -0.0631. The molecular weight excluding hydrogens is 616 g/mol. The van der Waals surface area contributed by atoms with E-state index in [9.17, 15) is 34.3 Å². The second-order valence-corrected chi connectivity index (χ2v) is 11.4. The molecule has 3 amide bonds. The van der Waals surface area contributed by atoms with Gasteiger partial charge in [-0.3, -0.25) is 23.5 Å². The highest BCUT2D eigenvalue weighted by molar-refractivity contribution is 7.78. The van der Waals surface area contributed by atoms with Gasteiger partial charge >= 0.3 is 20.2 Å². The number of ether oxygens (including phenoxy) is 1. The lowest BCUT2D eigenvalue weighted by Crippen LogP contribution is -2.57. The minimum atomic E-state index is -1.45. The third kappa shape index (κ3) is 7.06. The summed E-state index contributed by atoms with van der Waals surface area (Å²) in [5.74, 6) is -2.76. The Labute approximate surface area is 270 Å². The Hall–Kier alpha value is -4.34. The van der Waals surface area contributed by atoms with Crippen molar-refractivity contribution >= 4 is 61.7 Å². The van der Waals surface area contributed by atoms with Crippen molar-refractivity contribution < 1.29 is 48.4 Å². The third-order valence-electron chi connectivity index (χ3n) is 7.91. The first kappa shape index (κ1) is 33.0. The molecule has 0 radical (unpaired) electrons. The molecule has 0 saturated heterocycles. The number of hydrogen-bond acceptors (Lipinski definition) is 10. The number of nitrogens with zero attached hydrogens (tertiary/aromatic N) is 1. The zero-order valence-corrected chi connectivity index (χ0v) is 25.8. The van der Waals surface area contributed by atoms with E-state index in [1.165, 1.54) is 32.2 Å². The second-order valence-electron chi connectivity index (χ2n) is 10.9. The van der Waals surface area contributed by atoms with Crippen LogP contribution >= 0.6 is 12.8 Å². The van der Waals surface area contributed by atoms with Crippen molar-refractivity contribution in [3.05, 3.63) is 88.5 Å². The average Bonchev–Trinajstić information content (AvgIpc) is 3.61. The van der Waals surface area contributed by atoms with Crippen LogP contribution in [0.2, 0.25) is 0 Å². The maximum absolute atomic E-state index is 14.0. The summed E-state index contributed by atoms with van der Waals surface area (Å²) in [5, 5.41) is 35.3. The van der Waals surface area contributed by atoms with E-state index < -0.39 is 62.5 Å². The average molecular weight is 647 g/mol. The normalized spacial score (nSPS) is 15.3. The van der Waals surface area contributed by atoms with Crippen molar-refractivity contribution in [1.82, 2.24) is 14.9 Å². The number of hydrogen-bond donors (Lipinski definition) is 6. The van der Waals surface area contributed by atoms with Crippen LogP contribution in [0.15, 0.2) is 60.7 Å². The molecule has 13 nitrogen and oxygen atoms in total. The van der Waals surface area contributed by atoms with E-state index in [1.54, 1.807) is 42.5 Å². The van der Waals surface area contributed by atoms with Gasteiger partial charge in [-0.15, -0.1) is 0 Å². The van der Waals surface area contributed by atoms with Crippen LogP contribution in [0.3, 0.4) is 0 Å². The van der Waals surface area contributed by atoms with Gasteiger partial charge in [-0.1, -0.05) is 37.1 Å². The molecule has 3 aromatic rings. The number of carbonyl (C=O) groups is 4. The van der Waals surface area contributed by atoms with Crippen LogP contribution in [0.25, 0.3) is 0 Å². The SMILES string of the molecule is COc1ccc([C@H](CC(=O)O)NC(=O)[C@H]([C@H](C)NC(=O)c2ccc3c(c2)B(O)OC3)N(S)C(=O)c2ccc3c(c2)B(O)OC3)cc1. The molecule has 0 spiro atoms. The smallest absolute Gasteiger partial charge is 0.491 e. The van der Waals surface area contributed by atoms with Crippen molar-refractivity contribution in [3.63, 3.8) is 0 Å². The van der Waals surface area contributed by atoms with Crippen molar-refractivity contribution in [2.24, 2.45) is 0 Å². The monoisotopic (exact) mass is 647 g/mol. The lowest BCUT2D eigenvalue weighted by molar-refractivity contribution is -0.138. The Balaban J connectivity index is 1.43. The van der Waals surface area contributed by atoms with E-state index in [1.807, 2.05) is 0 Å². The molecule has 2 aliphatic rings. The van der Waals surface area contributed by atoms with Crippen LogP contribution in [-0.4, -0.2) is 76.6 Å². The fourth-order valence-corrected chi connectivity index (χ4v) is 5.82. The fraction of sp³-hybridized carbons (Fsp3) is 0.267. The number of benzene rings is 3. The molecule has 2 heterocycles. The molecule has 3 atom stereocenters. The van der Waals surface area contributed by atoms with Gasteiger partial charge in [-0.25, -0.2) is 0 Å². The fourth-order valence-electron chi connectivity index (χ4n) is 5.40. The van der Waals surface area contributed by atoms with Crippen LogP contribution in [0.1, 0.15) is 56.8 Å². The van der Waals surface area contributed by atoms with Crippen molar-refractivity contribution in [2.45, 2.75) is 44.7 Å². The maximum Gasteiger partial charge on any atom is 0.491 e. The Bertz CT molecular complexity index is 1660. The summed E-state index contributed by atoms with van der Waals surface area (Å²) in [5.41, 5.74) is 3.02. The van der Waals surface area contributed by atoms with Crippen molar-refractivity contribution in [1.29, 1.82) is 0 Å². The van der Waals surface area contributed by atoms with Crippen LogP contribution < -0.4 is 26.3 Å². The lowest BCUT2D eigenvalue weighted by Gasteiger charge is -2.32. The Morgan fingerprint density at radius 1 is 0.913 bits per heavy atom. The zero-order chi connectivity index (χ0) is 33.1. The predicted molar refractivity (Wildman–Crippen MR) is 170 cm³/mol. The van der Waals surface area contributed by atoms with Gasteiger partial charge in [0.2, 0.25) is 5.91 Å². The first-order chi connectivity index (χ1) is 22.0. The maximum atomic E-state index is 14.0. The molecule has 0 aliphatic carbocycles. The highest BCUT2D eigenvalue weighted by atomic mass is 32.1. The summed E-state index contributed by atoms with van der Waals surface area (Å²) in [7, 11) is -0.909. The number of thiol groups is 1. The lowest BCUT2D eigenvalue weighted by atomic mass is 9.78. The Kier molecular flexibility index (Phi) is 10.0. The molecule has 46 heavy (non-hydrogen) atoms. The van der Waals surface area contributed by atoms with E-state index in [0.29, 0.717) is 27.8 Å². The molecule has 5 N–H and O–H groups in total. The number of carboxylic acids is 1. The van der Waals surface area contributed by atoms with Crippen molar-refractivity contribution in [2.75, 3.05) is 7.11 Å². The van der Waals surface area contributed by atoms with E-state index in [0.717, 1.165) is 9.87 Å². The summed E-state index contributed by atoms with van der Waals surface area (Å²) in [6, 6.07) is 12.2. The molecular formula is C30H31B2N3O10S. The van der Waals surface area contributed by atoms with E-state index in [4.69, 9.17) is 14.0 Å². The molecule has 0 fully saturated rings. The number of carbonyl (C=O) groups excluding carboxylic acids is 3. The summed E-state index contributed by atoms with van der Waals surface area (Å²) in [6.07, 6.45) is -0.478. The van der Waals surface area contributed by atoms with E-state index in [2.05, 4.69) is 23.4 Å². The topological polar surface area (TPSA) is 184 Å². The standard InChI is InChI=1S/C30H31B2N3O10S/c1-16(33-28(38)18-3-5-20-14-44-31(41)23(20)11-18)27(35(46)30(40)19-4-6-21-15-45-32(42)24(21)12-19)29(39)34-25(13-26(36)37)17-7-9-22(43-2)10-8-17/h3-12,16,25,27,41-42,46H,13-15H2,1-2H3,(H,33,38)(H,34,39)(H,36,37)/t16-,25-,27-/m0/s1. The number of aliphatic carboxylic acids is 1. The summed E-state index contributed by atoms with van der Waals surface area (Å²) < 4.78 is 16.5. The van der Waals surface area contributed by atoms with Gasteiger partial charge in [0.1, 0.15) is 11.8 Å². The van der Waals surface area contributed by atoms with Crippen LogP contribution in [0, 0.1) is 0 Å². The molecule has 0 bridgehead atoms. The molecule has 238 valence electrons. The number of nitrogens with one attached hydrogen (secondary N) is 2. The zero-order valence-electron chi connectivity index (χ0n) is 24.9. The molecule has 2 aliphatic heterocycles. The van der Waals surface area contributed by atoms with Crippen molar-refractivity contribution in [3.8, 4) is 5.75 Å². The first-order valence-corrected chi connectivity index (χ1v) is 14.7. The minimum absolute atomic E-state index is 0.0967. The third-order valence-corrected chi connectivity index (χ3v) is 8.34. The van der Waals surface area contributed by atoms with Gasteiger partial charge in [-0.05, 0) is 70.9 Å². The van der Waals surface area contributed by atoms with Gasteiger partial charge in [0, 0.05) is 11.1 Å². The number of fused-ring (bicyclic) bond motifs is 2. The summed E-state index contributed by atoms with van der Waals surface area (Å²) >= 11 is 4.41. The van der Waals surface area contributed by atoms with E-state index in [-0.39, 0.29) is 24.3 Å². The number of rotatable bonds is 11. The number of carboxylic acid groups (broad SMARTS) is 1. The van der Waals surface area contributed by atoms with Gasteiger partial charge in [-0.2, -0.15) is 0 Å².